The van der Waals surface area contributed by atoms with E-state index in [4.69, 9.17) is 15.2 Å². The zero-order valence-electron chi connectivity index (χ0n) is 14.0. The van der Waals surface area contributed by atoms with Crippen LogP contribution in [0.25, 0.3) is 0 Å². The van der Waals surface area contributed by atoms with Crippen LogP contribution in [0.5, 0.6) is 0 Å². The van der Waals surface area contributed by atoms with Crippen LogP contribution in [-0.4, -0.2) is 36.9 Å². The third-order valence-corrected chi connectivity index (χ3v) is 4.93. The van der Waals surface area contributed by atoms with Crippen molar-refractivity contribution in [1.29, 1.82) is 0 Å². The maximum atomic E-state index is 6.10. The van der Waals surface area contributed by atoms with E-state index >= 15 is 0 Å². The summed E-state index contributed by atoms with van der Waals surface area (Å²) in [6.45, 7) is 5.67. The van der Waals surface area contributed by atoms with E-state index in [1.165, 1.54) is 5.56 Å². The molecule has 2 fully saturated rings. The molecule has 1 aromatic carbocycles. The van der Waals surface area contributed by atoms with Crippen molar-refractivity contribution < 1.29 is 9.47 Å². The van der Waals surface area contributed by atoms with Gasteiger partial charge in [-0.25, -0.2) is 4.99 Å². The Bertz CT molecular complexity index is 550. The molecule has 1 saturated heterocycles. The van der Waals surface area contributed by atoms with Crippen LogP contribution in [0, 0.1) is 0 Å². The van der Waals surface area contributed by atoms with Crippen molar-refractivity contribution in [3.63, 3.8) is 0 Å². The van der Waals surface area contributed by atoms with Gasteiger partial charge < -0.3 is 20.5 Å². The van der Waals surface area contributed by atoms with Gasteiger partial charge >= 0.3 is 0 Å². The molecule has 2 aliphatic rings. The summed E-state index contributed by atoms with van der Waals surface area (Å²) in [5.74, 6) is 0.448. The number of rotatable bonds is 5. The molecule has 0 bridgehead atoms. The van der Waals surface area contributed by atoms with Crippen LogP contribution in [0.2, 0.25) is 0 Å². The van der Waals surface area contributed by atoms with E-state index in [0.717, 1.165) is 38.0 Å². The van der Waals surface area contributed by atoms with Gasteiger partial charge in [0, 0.05) is 25.3 Å². The SMILES string of the molecule is CCOC1CC(N=C(N)Nc2ccc(CC)cc2)C12CCCO2. The van der Waals surface area contributed by atoms with Gasteiger partial charge in [0.05, 0.1) is 12.1 Å². The molecule has 23 heavy (non-hydrogen) atoms. The molecule has 0 amide bonds. The minimum absolute atomic E-state index is 0.0870. The van der Waals surface area contributed by atoms with E-state index in [1.54, 1.807) is 0 Å². The van der Waals surface area contributed by atoms with Crippen LogP contribution in [0.4, 0.5) is 5.69 Å². The van der Waals surface area contributed by atoms with Crippen LogP contribution in [0.1, 0.15) is 38.7 Å². The second kappa shape index (κ2) is 6.89. The number of ether oxygens (including phenoxy) is 2. The lowest BCUT2D eigenvalue weighted by Gasteiger charge is -2.50. The molecule has 5 nitrogen and oxygen atoms in total. The Hall–Kier alpha value is -1.59. The van der Waals surface area contributed by atoms with Gasteiger partial charge in [-0.15, -0.1) is 0 Å². The van der Waals surface area contributed by atoms with Gasteiger partial charge in [-0.1, -0.05) is 19.1 Å². The van der Waals surface area contributed by atoms with E-state index in [2.05, 4.69) is 29.4 Å². The molecule has 5 heteroatoms. The zero-order valence-corrected chi connectivity index (χ0v) is 14.0. The molecule has 3 unspecified atom stereocenters. The number of aliphatic imine (C=N–C) groups is 1. The molecular formula is C18H27N3O2. The molecule has 1 saturated carbocycles. The van der Waals surface area contributed by atoms with Crippen molar-refractivity contribution in [2.45, 2.75) is 57.3 Å². The van der Waals surface area contributed by atoms with Crippen molar-refractivity contribution in [2.24, 2.45) is 10.7 Å². The molecule has 0 radical (unpaired) electrons. The summed E-state index contributed by atoms with van der Waals surface area (Å²) in [7, 11) is 0. The molecule has 1 heterocycles. The fourth-order valence-corrected chi connectivity index (χ4v) is 3.60. The quantitative estimate of drug-likeness (QED) is 0.647. The molecule has 126 valence electrons. The second-order valence-electron chi connectivity index (χ2n) is 6.29. The highest BCUT2D eigenvalue weighted by molar-refractivity contribution is 5.92. The first-order valence-corrected chi connectivity index (χ1v) is 8.62. The number of nitrogens with one attached hydrogen (secondary N) is 1. The molecule has 1 spiro atoms. The highest BCUT2D eigenvalue weighted by atomic mass is 16.6. The monoisotopic (exact) mass is 317 g/mol. The van der Waals surface area contributed by atoms with Crippen molar-refractivity contribution >= 4 is 11.6 Å². The van der Waals surface area contributed by atoms with Crippen LogP contribution < -0.4 is 11.1 Å². The number of hydrogen-bond donors (Lipinski definition) is 2. The molecule has 1 aromatic rings. The second-order valence-corrected chi connectivity index (χ2v) is 6.29. The average molecular weight is 317 g/mol. The van der Waals surface area contributed by atoms with E-state index in [-0.39, 0.29) is 17.7 Å². The Morgan fingerprint density at radius 1 is 1.39 bits per heavy atom. The third-order valence-electron chi connectivity index (χ3n) is 4.93. The molecule has 3 rings (SSSR count). The Labute approximate surface area is 138 Å². The van der Waals surface area contributed by atoms with Crippen molar-refractivity contribution in [3.8, 4) is 0 Å². The molecule has 3 atom stereocenters. The highest BCUT2D eigenvalue weighted by Crippen LogP contribution is 2.47. The number of aryl methyl sites for hydroxylation is 1. The Balaban J connectivity index is 1.65. The Morgan fingerprint density at radius 3 is 2.78 bits per heavy atom. The standard InChI is InChI=1S/C18H27N3O2/c1-3-13-6-8-14(9-7-13)20-17(19)21-15-12-16(22-4-2)18(15)10-5-11-23-18/h6-9,15-16H,3-5,10-12H2,1-2H3,(H3,19,20,21). The number of hydrogen-bond acceptors (Lipinski definition) is 3. The lowest BCUT2D eigenvalue weighted by Crippen LogP contribution is -2.63. The van der Waals surface area contributed by atoms with Gasteiger partial charge in [-0.2, -0.15) is 0 Å². The van der Waals surface area contributed by atoms with Crippen molar-refractivity contribution in [3.05, 3.63) is 29.8 Å². The summed E-state index contributed by atoms with van der Waals surface area (Å²) >= 11 is 0. The van der Waals surface area contributed by atoms with Gasteiger partial charge in [0.15, 0.2) is 5.96 Å². The first-order chi connectivity index (χ1) is 11.2. The number of nitrogens with two attached hydrogens (primary N) is 1. The topological polar surface area (TPSA) is 68.9 Å². The molecular weight excluding hydrogens is 290 g/mol. The van der Waals surface area contributed by atoms with Crippen LogP contribution in [0.3, 0.4) is 0 Å². The zero-order chi connectivity index (χ0) is 16.3. The van der Waals surface area contributed by atoms with Crippen molar-refractivity contribution in [1.82, 2.24) is 0 Å². The molecule has 1 aliphatic carbocycles. The third kappa shape index (κ3) is 3.21. The fourth-order valence-electron chi connectivity index (χ4n) is 3.60. The van der Waals surface area contributed by atoms with Crippen LogP contribution in [-0.2, 0) is 15.9 Å². The summed E-state index contributed by atoms with van der Waals surface area (Å²) in [6.07, 6.45) is 4.14. The van der Waals surface area contributed by atoms with E-state index in [0.29, 0.717) is 12.6 Å². The summed E-state index contributed by atoms with van der Waals surface area (Å²) in [4.78, 5) is 4.67. The number of anilines is 1. The van der Waals surface area contributed by atoms with Gasteiger partial charge in [0.25, 0.3) is 0 Å². The fraction of sp³-hybridized carbons (Fsp3) is 0.611. The summed E-state index contributed by atoms with van der Waals surface area (Å²) in [5.41, 5.74) is 8.12. The molecule has 3 N–H and O–H groups in total. The minimum atomic E-state index is -0.256. The lowest BCUT2D eigenvalue weighted by molar-refractivity contribution is -0.188. The number of nitrogens with zero attached hydrogens (tertiary/aromatic N) is 1. The smallest absolute Gasteiger partial charge is 0.193 e. The predicted molar refractivity (Wildman–Crippen MR) is 92.8 cm³/mol. The first-order valence-electron chi connectivity index (χ1n) is 8.62. The van der Waals surface area contributed by atoms with Crippen LogP contribution in [0.15, 0.2) is 29.3 Å². The summed E-state index contributed by atoms with van der Waals surface area (Å²) in [5, 5.41) is 3.18. The molecule has 0 aromatic heterocycles. The van der Waals surface area contributed by atoms with Gasteiger partial charge in [-0.3, -0.25) is 0 Å². The van der Waals surface area contributed by atoms with E-state index in [1.807, 2.05) is 19.1 Å². The summed E-state index contributed by atoms with van der Waals surface area (Å²) in [6, 6.07) is 8.36. The Kier molecular flexibility index (Phi) is 4.87. The maximum Gasteiger partial charge on any atom is 0.193 e. The van der Waals surface area contributed by atoms with Gasteiger partial charge in [-0.05, 0) is 43.9 Å². The van der Waals surface area contributed by atoms with Gasteiger partial charge in [0.1, 0.15) is 5.60 Å². The van der Waals surface area contributed by atoms with E-state index < -0.39 is 0 Å². The average Bonchev–Trinajstić information content (AvgIpc) is 3.07. The van der Waals surface area contributed by atoms with E-state index in [9.17, 15) is 0 Å². The summed E-state index contributed by atoms with van der Waals surface area (Å²) < 4.78 is 11.8. The van der Waals surface area contributed by atoms with Gasteiger partial charge in [0.2, 0.25) is 0 Å². The largest absolute Gasteiger partial charge is 0.375 e. The first kappa shape index (κ1) is 16.3. The van der Waals surface area contributed by atoms with Crippen LogP contribution >= 0.6 is 0 Å². The molecule has 1 aliphatic heterocycles. The minimum Gasteiger partial charge on any atom is -0.375 e. The Morgan fingerprint density at radius 2 is 2.17 bits per heavy atom. The predicted octanol–water partition coefficient (Wildman–Crippen LogP) is 2.70. The lowest BCUT2D eigenvalue weighted by atomic mass is 9.70. The highest BCUT2D eigenvalue weighted by Gasteiger charge is 2.59. The van der Waals surface area contributed by atoms with Crippen molar-refractivity contribution in [2.75, 3.05) is 18.5 Å². The normalized spacial score (nSPS) is 30.4. The number of guanidine groups is 1. The number of benzene rings is 1. The maximum absolute atomic E-state index is 6.10.